The van der Waals surface area contributed by atoms with Gasteiger partial charge in [-0.05, 0) is 65.1 Å². The molecule has 0 amide bonds. The van der Waals surface area contributed by atoms with Crippen LogP contribution in [0.4, 0.5) is 4.39 Å². The molecule has 9 heteroatoms. The highest BCUT2D eigenvalue weighted by atomic mass is 32.1. The average Bonchev–Trinajstić information content (AvgIpc) is 3.34. The first-order valence-electron chi connectivity index (χ1n) is 12.0. The Kier molecular flexibility index (Phi) is 7.36. The molecular weight excluding hydrogens is 519 g/mol. The molecule has 7 nitrogen and oxygen atoms in total. The molecule has 1 aromatic heterocycles. The SMILES string of the molecule is NC(c1ccc(Cc2c(C(=O)O)cccc2C(=O)O)cc1)c1cccc(OCc2nc3cc(F)ccc3s2)c1. The zero-order chi connectivity index (χ0) is 27.5. The van der Waals surface area contributed by atoms with Crippen molar-refractivity contribution >= 4 is 33.5 Å². The van der Waals surface area contributed by atoms with Crippen LogP contribution < -0.4 is 10.5 Å². The maximum Gasteiger partial charge on any atom is 0.336 e. The van der Waals surface area contributed by atoms with Gasteiger partial charge in [-0.2, -0.15) is 0 Å². The van der Waals surface area contributed by atoms with Gasteiger partial charge < -0.3 is 20.7 Å². The van der Waals surface area contributed by atoms with Crippen molar-refractivity contribution < 1.29 is 28.9 Å². The van der Waals surface area contributed by atoms with Gasteiger partial charge in [-0.3, -0.25) is 0 Å². The number of halogens is 1. The van der Waals surface area contributed by atoms with E-state index in [1.165, 1.54) is 41.7 Å². The fraction of sp³-hybridized carbons (Fsp3) is 0.100. The van der Waals surface area contributed by atoms with Crippen LogP contribution in [0, 0.1) is 5.82 Å². The molecule has 0 aliphatic heterocycles. The lowest BCUT2D eigenvalue weighted by molar-refractivity contribution is 0.0696. The molecule has 0 bridgehead atoms. The van der Waals surface area contributed by atoms with Crippen molar-refractivity contribution in [2.24, 2.45) is 5.73 Å². The summed E-state index contributed by atoms with van der Waals surface area (Å²) in [4.78, 5) is 27.7. The Balaban J connectivity index is 1.29. The molecule has 0 aliphatic rings. The number of aromatic carboxylic acids is 2. The summed E-state index contributed by atoms with van der Waals surface area (Å²) in [7, 11) is 0. The predicted octanol–water partition coefficient (Wildman–Crippen LogP) is 6.05. The molecule has 0 fully saturated rings. The number of nitrogens with zero attached hydrogens (tertiary/aromatic N) is 1. The van der Waals surface area contributed by atoms with E-state index in [4.69, 9.17) is 10.5 Å². The Morgan fingerprint density at radius 1 is 0.897 bits per heavy atom. The highest BCUT2D eigenvalue weighted by molar-refractivity contribution is 7.18. The van der Waals surface area contributed by atoms with Crippen molar-refractivity contribution in [1.82, 2.24) is 4.98 Å². The summed E-state index contributed by atoms with van der Waals surface area (Å²) in [5, 5.41) is 19.8. The number of carbonyl (C=O) groups is 2. The van der Waals surface area contributed by atoms with E-state index in [-0.39, 0.29) is 35.5 Å². The van der Waals surface area contributed by atoms with Gasteiger partial charge in [0.2, 0.25) is 0 Å². The molecule has 196 valence electrons. The number of ether oxygens (including phenoxy) is 1. The second-order valence-corrected chi connectivity index (χ2v) is 10.0. The van der Waals surface area contributed by atoms with E-state index in [0.717, 1.165) is 26.4 Å². The molecule has 0 aliphatic carbocycles. The number of hydrogen-bond donors (Lipinski definition) is 3. The van der Waals surface area contributed by atoms with Crippen LogP contribution in [0.25, 0.3) is 10.2 Å². The first kappa shape index (κ1) is 26.0. The first-order chi connectivity index (χ1) is 18.8. The summed E-state index contributed by atoms with van der Waals surface area (Å²) < 4.78 is 20.3. The number of nitrogens with two attached hydrogens (primary N) is 1. The second-order valence-electron chi connectivity index (χ2n) is 8.92. The third kappa shape index (κ3) is 5.79. The summed E-state index contributed by atoms with van der Waals surface area (Å²) in [6.07, 6.45) is 0.154. The van der Waals surface area contributed by atoms with E-state index in [0.29, 0.717) is 11.3 Å². The van der Waals surface area contributed by atoms with Crippen LogP contribution in [0.5, 0.6) is 5.75 Å². The van der Waals surface area contributed by atoms with Crippen LogP contribution >= 0.6 is 11.3 Å². The van der Waals surface area contributed by atoms with E-state index >= 15 is 0 Å². The number of benzene rings is 4. The lowest BCUT2D eigenvalue weighted by Gasteiger charge is -2.15. The summed E-state index contributed by atoms with van der Waals surface area (Å²) in [5.74, 6) is -2.06. The number of rotatable bonds is 9. The first-order valence-corrected chi connectivity index (χ1v) is 12.8. The predicted molar refractivity (Wildman–Crippen MR) is 146 cm³/mol. The molecule has 4 aromatic carbocycles. The third-order valence-corrected chi connectivity index (χ3v) is 7.34. The van der Waals surface area contributed by atoms with E-state index in [1.54, 1.807) is 6.07 Å². The van der Waals surface area contributed by atoms with Crippen molar-refractivity contribution in [3.05, 3.63) is 129 Å². The van der Waals surface area contributed by atoms with Crippen LogP contribution in [-0.4, -0.2) is 27.1 Å². The number of thiazole rings is 1. The van der Waals surface area contributed by atoms with Gasteiger partial charge in [0, 0.05) is 6.07 Å². The Morgan fingerprint density at radius 2 is 1.59 bits per heavy atom. The second kappa shape index (κ2) is 11.0. The minimum Gasteiger partial charge on any atom is -0.486 e. The number of fused-ring (bicyclic) bond motifs is 1. The minimum atomic E-state index is -1.18. The fourth-order valence-electron chi connectivity index (χ4n) is 4.37. The zero-order valence-electron chi connectivity index (χ0n) is 20.5. The van der Waals surface area contributed by atoms with Gasteiger partial charge in [-0.25, -0.2) is 19.0 Å². The van der Waals surface area contributed by atoms with Crippen LogP contribution in [-0.2, 0) is 13.0 Å². The molecule has 5 aromatic rings. The average molecular weight is 543 g/mol. The van der Waals surface area contributed by atoms with E-state index in [1.807, 2.05) is 48.5 Å². The van der Waals surface area contributed by atoms with Gasteiger partial charge in [0.05, 0.1) is 27.4 Å². The Labute approximate surface area is 226 Å². The number of carboxylic acid groups (broad SMARTS) is 2. The lowest BCUT2D eigenvalue weighted by atomic mass is 9.93. The molecule has 0 saturated carbocycles. The normalized spacial score (nSPS) is 11.8. The van der Waals surface area contributed by atoms with Crippen molar-refractivity contribution in [3.63, 3.8) is 0 Å². The van der Waals surface area contributed by atoms with Gasteiger partial charge in [0.25, 0.3) is 0 Å². The largest absolute Gasteiger partial charge is 0.486 e. The van der Waals surface area contributed by atoms with Crippen molar-refractivity contribution in [2.45, 2.75) is 19.1 Å². The molecule has 39 heavy (non-hydrogen) atoms. The van der Waals surface area contributed by atoms with Gasteiger partial charge >= 0.3 is 11.9 Å². The smallest absolute Gasteiger partial charge is 0.336 e. The minimum absolute atomic E-state index is 0.0366. The molecule has 4 N–H and O–H groups in total. The molecule has 0 radical (unpaired) electrons. The maximum absolute atomic E-state index is 13.4. The van der Waals surface area contributed by atoms with Gasteiger partial charge in [-0.15, -0.1) is 11.3 Å². The molecule has 1 unspecified atom stereocenters. The topological polar surface area (TPSA) is 123 Å². The Hall–Kier alpha value is -4.60. The van der Waals surface area contributed by atoms with E-state index in [9.17, 15) is 24.2 Å². The standard InChI is InChI=1S/C30H23FN2O5S/c31-20-11-12-26-25(15-20)33-27(39-26)16-38-21-4-1-3-19(14-21)28(32)18-9-7-17(8-10-18)13-24-22(29(34)35)5-2-6-23(24)30(36)37/h1-12,14-15,28H,13,16,32H2,(H,34,35)(H,36,37). The molecule has 1 heterocycles. The van der Waals surface area contributed by atoms with Crippen molar-refractivity contribution in [3.8, 4) is 5.75 Å². The monoisotopic (exact) mass is 542 g/mol. The number of aromatic nitrogens is 1. The number of hydrogen-bond acceptors (Lipinski definition) is 6. The van der Waals surface area contributed by atoms with Gasteiger partial charge in [0.1, 0.15) is 23.2 Å². The number of carboxylic acids is 2. The highest BCUT2D eigenvalue weighted by Crippen LogP contribution is 2.27. The summed E-state index contributed by atoms with van der Waals surface area (Å²) in [6, 6.07) is 23.0. The highest BCUT2D eigenvalue weighted by Gasteiger charge is 2.19. The molecule has 1 atom stereocenters. The third-order valence-electron chi connectivity index (χ3n) is 6.33. The van der Waals surface area contributed by atoms with Crippen molar-refractivity contribution in [1.29, 1.82) is 0 Å². The van der Waals surface area contributed by atoms with Gasteiger partial charge in [-0.1, -0.05) is 42.5 Å². The Bertz CT molecular complexity index is 1650. The molecular formula is C30H23FN2O5S. The quantitative estimate of drug-likeness (QED) is 0.207. The lowest BCUT2D eigenvalue weighted by Crippen LogP contribution is -2.12. The van der Waals surface area contributed by atoms with Crippen LogP contribution in [0.3, 0.4) is 0 Å². The molecule has 0 spiro atoms. The maximum atomic E-state index is 13.4. The van der Waals surface area contributed by atoms with E-state index < -0.39 is 18.0 Å². The fourth-order valence-corrected chi connectivity index (χ4v) is 5.23. The van der Waals surface area contributed by atoms with Gasteiger partial charge in [0.15, 0.2) is 0 Å². The molecule has 0 saturated heterocycles. The van der Waals surface area contributed by atoms with E-state index in [2.05, 4.69) is 4.98 Å². The zero-order valence-corrected chi connectivity index (χ0v) is 21.3. The Morgan fingerprint density at radius 3 is 2.28 bits per heavy atom. The molecule has 5 rings (SSSR count). The van der Waals surface area contributed by atoms with Crippen LogP contribution in [0.1, 0.15) is 54.0 Å². The van der Waals surface area contributed by atoms with Crippen LogP contribution in [0.15, 0.2) is 84.9 Å². The summed E-state index contributed by atoms with van der Waals surface area (Å²) >= 11 is 1.45. The van der Waals surface area contributed by atoms with Crippen molar-refractivity contribution in [2.75, 3.05) is 0 Å². The van der Waals surface area contributed by atoms with Crippen LogP contribution in [0.2, 0.25) is 0 Å². The summed E-state index contributed by atoms with van der Waals surface area (Å²) in [6.45, 7) is 0.241. The summed E-state index contributed by atoms with van der Waals surface area (Å²) in [5.41, 5.74) is 9.72.